The number of rotatable bonds is 4. The fourth-order valence-corrected chi connectivity index (χ4v) is 2.23. The quantitative estimate of drug-likeness (QED) is 0.650. The zero-order valence-corrected chi connectivity index (χ0v) is 12.7. The molecule has 18 heavy (non-hydrogen) atoms. The van der Waals surface area contributed by atoms with Crippen LogP contribution in [0.4, 0.5) is 5.13 Å². The van der Waals surface area contributed by atoms with Gasteiger partial charge >= 0.3 is 0 Å². The van der Waals surface area contributed by atoms with Crippen molar-refractivity contribution in [2.24, 2.45) is 5.10 Å². The highest BCUT2D eigenvalue weighted by molar-refractivity contribution is 9.10. The molecule has 0 saturated carbocycles. The molecule has 94 valence electrons. The lowest BCUT2D eigenvalue weighted by atomic mass is 10.2. The van der Waals surface area contributed by atoms with Gasteiger partial charge in [-0.25, -0.2) is 4.98 Å². The Labute approximate surface area is 119 Å². The second-order valence-corrected chi connectivity index (χ2v) is 5.63. The third-order valence-corrected chi connectivity index (χ3v) is 3.77. The molecule has 0 amide bonds. The Bertz CT molecular complexity index is 546. The molecule has 0 saturated heterocycles. The van der Waals surface area contributed by atoms with Crippen molar-refractivity contribution in [3.05, 3.63) is 34.1 Å². The highest BCUT2D eigenvalue weighted by Crippen LogP contribution is 2.26. The normalized spacial score (nSPS) is 11.6. The van der Waals surface area contributed by atoms with Crippen LogP contribution in [-0.4, -0.2) is 10.7 Å². The molecule has 5 heteroatoms. The molecular weight excluding hydrogens is 310 g/mol. The second kappa shape index (κ2) is 6.11. The Morgan fingerprint density at radius 3 is 2.78 bits per heavy atom. The molecule has 0 radical (unpaired) electrons. The van der Waals surface area contributed by atoms with Crippen molar-refractivity contribution in [1.29, 1.82) is 0 Å². The van der Waals surface area contributed by atoms with E-state index in [-0.39, 0.29) is 0 Å². The highest BCUT2D eigenvalue weighted by atomic mass is 79.9. The number of halogens is 1. The SMILES string of the molecule is CC/C(C)=N/Nc1nc(-c2ccc(Br)cc2)cs1. The van der Waals surface area contributed by atoms with Gasteiger partial charge in [-0.1, -0.05) is 35.0 Å². The molecule has 0 atom stereocenters. The summed E-state index contributed by atoms with van der Waals surface area (Å²) in [5.41, 5.74) is 6.13. The van der Waals surface area contributed by atoms with E-state index in [0.29, 0.717) is 0 Å². The summed E-state index contributed by atoms with van der Waals surface area (Å²) in [5.74, 6) is 0. The van der Waals surface area contributed by atoms with Crippen LogP contribution in [-0.2, 0) is 0 Å². The molecule has 1 aromatic carbocycles. The zero-order chi connectivity index (χ0) is 13.0. The number of thiazole rings is 1. The van der Waals surface area contributed by atoms with E-state index in [4.69, 9.17) is 0 Å². The zero-order valence-electron chi connectivity index (χ0n) is 10.3. The number of hydrazone groups is 1. The van der Waals surface area contributed by atoms with Gasteiger partial charge in [0.15, 0.2) is 0 Å². The number of anilines is 1. The van der Waals surface area contributed by atoms with Gasteiger partial charge < -0.3 is 0 Å². The molecule has 1 heterocycles. The number of hydrogen-bond acceptors (Lipinski definition) is 4. The number of nitrogens with one attached hydrogen (secondary N) is 1. The third-order valence-electron chi connectivity index (χ3n) is 2.50. The number of aromatic nitrogens is 1. The van der Waals surface area contributed by atoms with Crippen LogP contribution in [0.5, 0.6) is 0 Å². The molecule has 0 unspecified atom stereocenters. The number of nitrogens with zero attached hydrogens (tertiary/aromatic N) is 2. The number of benzene rings is 1. The van der Waals surface area contributed by atoms with E-state index in [0.717, 1.165) is 33.0 Å². The minimum absolute atomic E-state index is 0.820. The van der Waals surface area contributed by atoms with E-state index in [1.54, 1.807) is 11.3 Å². The van der Waals surface area contributed by atoms with Crippen LogP contribution in [0.3, 0.4) is 0 Å². The van der Waals surface area contributed by atoms with Gasteiger partial charge in [0.1, 0.15) is 0 Å². The van der Waals surface area contributed by atoms with Crippen molar-refractivity contribution in [3.63, 3.8) is 0 Å². The van der Waals surface area contributed by atoms with Crippen LogP contribution in [0.25, 0.3) is 11.3 Å². The first kappa shape index (κ1) is 13.2. The van der Waals surface area contributed by atoms with Gasteiger partial charge in [-0.2, -0.15) is 5.10 Å². The molecule has 0 aliphatic rings. The fourth-order valence-electron chi connectivity index (χ4n) is 1.30. The topological polar surface area (TPSA) is 37.3 Å². The molecule has 1 aromatic heterocycles. The van der Waals surface area contributed by atoms with Crippen molar-refractivity contribution in [3.8, 4) is 11.3 Å². The summed E-state index contributed by atoms with van der Waals surface area (Å²) in [6.45, 7) is 4.08. The monoisotopic (exact) mass is 323 g/mol. The van der Waals surface area contributed by atoms with E-state index < -0.39 is 0 Å². The fraction of sp³-hybridized carbons (Fsp3) is 0.231. The standard InChI is InChI=1S/C13H14BrN3S/c1-3-9(2)16-17-13-15-12(8-18-13)10-4-6-11(14)7-5-10/h4-8H,3H2,1-2H3,(H,15,17)/b16-9+. The lowest BCUT2D eigenvalue weighted by Gasteiger charge is -1.97. The summed E-state index contributed by atoms with van der Waals surface area (Å²) in [7, 11) is 0. The summed E-state index contributed by atoms with van der Waals surface area (Å²) in [6, 6.07) is 8.12. The Balaban J connectivity index is 2.13. The first-order valence-electron chi connectivity index (χ1n) is 5.69. The van der Waals surface area contributed by atoms with Gasteiger partial charge in [0, 0.05) is 21.1 Å². The van der Waals surface area contributed by atoms with Gasteiger partial charge in [0.25, 0.3) is 0 Å². The van der Waals surface area contributed by atoms with Crippen LogP contribution in [0.15, 0.2) is 39.2 Å². The Kier molecular flexibility index (Phi) is 4.49. The maximum atomic E-state index is 4.50. The minimum atomic E-state index is 0.820. The third kappa shape index (κ3) is 3.40. The van der Waals surface area contributed by atoms with Crippen molar-refractivity contribution in [2.45, 2.75) is 20.3 Å². The van der Waals surface area contributed by atoms with Crippen LogP contribution >= 0.6 is 27.3 Å². The maximum absolute atomic E-state index is 4.50. The van der Waals surface area contributed by atoms with Gasteiger partial charge in [-0.05, 0) is 25.5 Å². The van der Waals surface area contributed by atoms with Crippen molar-refractivity contribution >= 4 is 38.1 Å². The Morgan fingerprint density at radius 1 is 1.39 bits per heavy atom. The summed E-state index contributed by atoms with van der Waals surface area (Å²) >= 11 is 4.98. The summed E-state index contributed by atoms with van der Waals surface area (Å²) in [6.07, 6.45) is 0.942. The van der Waals surface area contributed by atoms with Crippen molar-refractivity contribution < 1.29 is 0 Å². The van der Waals surface area contributed by atoms with Gasteiger partial charge in [-0.3, -0.25) is 5.43 Å². The van der Waals surface area contributed by atoms with Crippen LogP contribution in [0, 0.1) is 0 Å². The lowest BCUT2D eigenvalue weighted by molar-refractivity contribution is 1.20. The first-order valence-corrected chi connectivity index (χ1v) is 7.37. The molecule has 0 spiro atoms. The minimum Gasteiger partial charge on any atom is -0.253 e. The Morgan fingerprint density at radius 2 is 2.11 bits per heavy atom. The number of hydrogen-bond donors (Lipinski definition) is 1. The predicted octanol–water partition coefficient (Wildman–Crippen LogP) is 4.77. The van der Waals surface area contributed by atoms with Crippen molar-refractivity contribution in [2.75, 3.05) is 5.43 Å². The molecule has 2 aromatic rings. The first-order chi connectivity index (χ1) is 8.69. The molecule has 0 aliphatic carbocycles. The molecule has 0 aliphatic heterocycles. The van der Waals surface area contributed by atoms with Gasteiger partial charge in [0.05, 0.1) is 5.69 Å². The molecule has 3 nitrogen and oxygen atoms in total. The summed E-state index contributed by atoms with van der Waals surface area (Å²) in [5, 5.41) is 7.09. The van der Waals surface area contributed by atoms with E-state index in [2.05, 4.69) is 38.4 Å². The maximum Gasteiger partial charge on any atom is 0.203 e. The van der Waals surface area contributed by atoms with Gasteiger partial charge in [-0.15, -0.1) is 11.3 Å². The molecule has 0 bridgehead atoms. The van der Waals surface area contributed by atoms with Crippen LogP contribution in [0.2, 0.25) is 0 Å². The van der Waals surface area contributed by atoms with Gasteiger partial charge in [0.2, 0.25) is 5.13 Å². The second-order valence-electron chi connectivity index (χ2n) is 3.86. The highest BCUT2D eigenvalue weighted by Gasteiger charge is 2.03. The molecule has 1 N–H and O–H groups in total. The van der Waals surface area contributed by atoms with E-state index >= 15 is 0 Å². The Hall–Kier alpha value is -1.20. The summed E-state index contributed by atoms with van der Waals surface area (Å²) in [4.78, 5) is 4.50. The van der Waals surface area contributed by atoms with Crippen molar-refractivity contribution in [1.82, 2.24) is 4.98 Å². The van der Waals surface area contributed by atoms with Crippen LogP contribution in [0.1, 0.15) is 20.3 Å². The molecule has 2 rings (SSSR count). The average Bonchev–Trinajstić information content (AvgIpc) is 2.85. The van der Waals surface area contributed by atoms with E-state index in [1.807, 2.05) is 36.6 Å². The lowest BCUT2D eigenvalue weighted by Crippen LogP contribution is -1.95. The average molecular weight is 324 g/mol. The smallest absolute Gasteiger partial charge is 0.203 e. The van der Waals surface area contributed by atoms with E-state index in [9.17, 15) is 0 Å². The molecular formula is C13H14BrN3S. The molecule has 0 fully saturated rings. The predicted molar refractivity (Wildman–Crippen MR) is 82.3 cm³/mol. The largest absolute Gasteiger partial charge is 0.253 e. The van der Waals surface area contributed by atoms with E-state index in [1.165, 1.54) is 0 Å². The van der Waals surface area contributed by atoms with Crippen LogP contribution < -0.4 is 5.43 Å². The summed E-state index contributed by atoms with van der Waals surface area (Å²) < 4.78 is 1.07.